The van der Waals surface area contributed by atoms with Crippen LogP contribution in [0.1, 0.15) is 23.8 Å². The molecule has 0 saturated heterocycles. The molecule has 1 aromatic rings. The predicted octanol–water partition coefficient (Wildman–Crippen LogP) is -0.450. The summed E-state index contributed by atoms with van der Waals surface area (Å²) in [7, 11) is 0. The lowest BCUT2D eigenvalue weighted by molar-refractivity contribution is -0.110. The third-order valence-corrected chi connectivity index (χ3v) is 2.52. The molecule has 0 aromatic carbocycles. The van der Waals surface area contributed by atoms with Crippen LogP contribution >= 0.6 is 0 Å². The summed E-state index contributed by atoms with van der Waals surface area (Å²) < 4.78 is 6.74. The number of amides is 1. The average Bonchev–Trinajstić information content (AvgIpc) is 2.78. The van der Waals surface area contributed by atoms with Crippen molar-refractivity contribution >= 4 is 11.7 Å². The van der Waals surface area contributed by atoms with Gasteiger partial charge in [0.25, 0.3) is 0 Å². The quantitative estimate of drug-likeness (QED) is 0.494. The van der Waals surface area contributed by atoms with Gasteiger partial charge in [-0.1, -0.05) is 6.92 Å². The zero-order chi connectivity index (χ0) is 13.3. The van der Waals surface area contributed by atoms with Crippen molar-refractivity contribution in [1.29, 1.82) is 0 Å². The Balaban J connectivity index is 2.27. The summed E-state index contributed by atoms with van der Waals surface area (Å²) in [5.74, 6) is -0.661. The van der Waals surface area contributed by atoms with Gasteiger partial charge in [0.2, 0.25) is 6.29 Å². The van der Waals surface area contributed by atoms with E-state index >= 15 is 0 Å². The lowest BCUT2D eigenvalue weighted by Crippen LogP contribution is -2.58. The Morgan fingerprint density at radius 2 is 2.22 bits per heavy atom. The van der Waals surface area contributed by atoms with Crippen LogP contribution in [-0.2, 0) is 11.5 Å². The van der Waals surface area contributed by atoms with Crippen molar-refractivity contribution in [2.75, 3.05) is 11.7 Å². The summed E-state index contributed by atoms with van der Waals surface area (Å²) >= 11 is 0. The van der Waals surface area contributed by atoms with Gasteiger partial charge in [0.05, 0.1) is 6.33 Å². The van der Waals surface area contributed by atoms with Crippen molar-refractivity contribution in [3.8, 4) is 0 Å². The van der Waals surface area contributed by atoms with E-state index in [2.05, 4.69) is 4.98 Å². The molecule has 4 N–H and O–H groups in total. The zero-order valence-corrected chi connectivity index (χ0v) is 9.85. The van der Waals surface area contributed by atoms with Crippen LogP contribution in [0.4, 0.5) is 5.82 Å². The predicted molar refractivity (Wildman–Crippen MR) is 58.7 cm³/mol. The highest BCUT2D eigenvalue weighted by atomic mass is 16.6. The molecule has 0 saturated carbocycles. The molecule has 1 aliphatic rings. The molecule has 1 aliphatic heterocycles. The van der Waals surface area contributed by atoms with Crippen LogP contribution in [0, 0.1) is 0 Å². The lowest BCUT2D eigenvalue weighted by atomic mass is 10.3. The molecule has 0 spiro atoms. The fraction of sp³-hybridized carbons (Fsp3) is 0.556. The molecule has 2 heterocycles. The fourth-order valence-electron chi connectivity index (χ4n) is 1.63. The molecular formula is C9H15N5O4. The van der Waals surface area contributed by atoms with Gasteiger partial charge in [0, 0.05) is 6.61 Å². The molecule has 100 valence electrons. The molecule has 0 aliphatic carbocycles. The first-order valence-electron chi connectivity index (χ1n) is 5.47. The lowest BCUT2D eigenvalue weighted by Gasteiger charge is -2.34. The number of fused-ring (bicyclic) bond motifs is 1. The first-order chi connectivity index (χ1) is 8.57. The first kappa shape index (κ1) is 12.8. The Hall–Kier alpha value is -1.68. The zero-order valence-electron chi connectivity index (χ0n) is 9.85. The van der Waals surface area contributed by atoms with Crippen molar-refractivity contribution in [1.82, 2.24) is 14.6 Å². The van der Waals surface area contributed by atoms with Crippen LogP contribution in [0.15, 0.2) is 6.33 Å². The minimum atomic E-state index is -1.37. The number of imidazole rings is 1. The largest absolute Gasteiger partial charge is 0.361 e. The Morgan fingerprint density at radius 3 is 2.89 bits per heavy atom. The molecular weight excluding hydrogens is 242 g/mol. The number of nitrogens with zero attached hydrogens (tertiary/aromatic N) is 4. The van der Waals surface area contributed by atoms with E-state index in [0.29, 0.717) is 11.7 Å². The normalized spacial score (nSPS) is 19.3. The van der Waals surface area contributed by atoms with E-state index < -0.39 is 12.2 Å². The van der Waals surface area contributed by atoms with Crippen LogP contribution in [0.2, 0.25) is 0 Å². The van der Waals surface area contributed by atoms with E-state index in [1.54, 1.807) is 0 Å². The van der Waals surface area contributed by atoms with Crippen LogP contribution in [0.5, 0.6) is 0 Å². The number of ether oxygens (including phenoxy) is 1. The molecule has 9 heteroatoms. The highest BCUT2D eigenvalue weighted by molar-refractivity contribution is 5.98. The maximum absolute atomic E-state index is 11.7. The molecule has 1 atom stereocenters. The SMILES string of the molecule is CCCOCn1cnc2c1N(O)C(N)N(O)C2=O. The van der Waals surface area contributed by atoms with Crippen molar-refractivity contribution in [2.45, 2.75) is 26.4 Å². The smallest absolute Gasteiger partial charge is 0.302 e. The number of hydrogen-bond acceptors (Lipinski definition) is 7. The number of carbonyl (C=O) groups excluding carboxylic acids is 1. The summed E-state index contributed by atoms with van der Waals surface area (Å²) in [5, 5.41) is 19.9. The summed E-state index contributed by atoms with van der Waals surface area (Å²) in [6.45, 7) is 2.65. The second-order valence-electron chi connectivity index (χ2n) is 3.83. The number of rotatable bonds is 4. The van der Waals surface area contributed by atoms with Gasteiger partial charge in [-0.15, -0.1) is 0 Å². The number of aromatic nitrogens is 2. The van der Waals surface area contributed by atoms with Gasteiger partial charge in [-0.05, 0) is 6.42 Å². The minimum Gasteiger partial charge on any atom is -0.361 e. The van der Waals surface area contributed by atoms with E-state index in [4.69, 9.17) is 10.5 Å². The molecule has 1 unspecified atom stereocenters. The second-order valence-corrected chi connectivity index (χ2v) is 3.83. The van der Waals surface area contributed by atoms with Crippen molar-refractivity contribution in [2.24, 2.45) is 5.73 Å². The van der Waals surface area contributed by atoms with E-state index in [-0.39, 0.29) is 23.3 Å². The second kappa shape index (κ2) is 4.90. The number of carbonyl (C=O) groups is 1. The average molecular weight is 257 g/mol. The molecule has 1 amide bonds. The van der Waals surface area contributed by atoms with E-state index in [0.717, 1.165) is 6.42 Å². The topological polar surface area (TPSA) is 117 Å². The fourth-order valence-corrected chi connectivity index (χ4v) is 1.63. The monoisotopic (exact) mass is 257 g/mol. The van der Waals surface area contributed by atoms with Gasteiger partial charge in [-0.2, -0.15) is 10.1 Å². The van der Waals surface area contributed by atoms with Crippen LogP contribution < -0.4 is 10.8 Å². The molecule has 0 bridgehead atoms. The maximum Gasteiger partial charge on any atom is 0.302 e. The highest BCUT2D eigenvalue weighted by Gasteiger charge is 2.38. The van der Waals surface area contributed by atoms with Crippen molar-refractivity contribution in [3.05, 3.63) is 12.0 Å². The van der Waals surface area contributed by atoms with Gasteiger partial charge in [0.15, 0.2) is 11.5 Å². The van der Waals surface area contributed by atoms with Crippen LogP contribution in [0.3, 0.4) is 0 Å². The highest BCUT2D eigenvalue weighted by Crippen LogP contribution is 2.26. The Bertz CT molecular complexity index is 448. The molecule has 2 rings (SSSR count). The van der Waals surface area contributed by atoms with E-state index in [1.165, 1.54) is 10.9 Å². The van der Waals surface area contributed by atoms with Gasteiger partial charge < -0.3 is 4.74 Å². The number of hydrogen-bond donors (Lipinski definition) is 3. The number of anilines is 1. The molecule has 0 fully saturated rings. The molecule has 18 heavy (non-hydrogen) atoms. The van der Waals surface area contributed by atoms with Crippen molar-refractivity contribution in [3.63, 3.8) is 0 Å². The molecule has 0 radical (unpaired) electrons. The third kappa shape index (κ3) is 1.93. The van der Waals surface area contributed by atoms with E-state index in [1.807, 2.05) is 6.92 Å². The summed E-state index contributed by atoms with van der Waals surface area (Å²) in [5.41, 5.74) is 5.38. The summed E-state index contributed by atoms with van der Waals surface area (Å²) in [4.78, 5) is 15.5. The first-order valence-corrected chi connectivity index (χ1v) is 5.47. The maximum atomic E-state index is 11.7. The van der Waals surface area contributed by atoms with Gasteiger partial charge in [-0.3, -0.25) is 25.5 Å². The van der Waals surface area contributed by atoms with Crippen LogP contribution in [-0.4, -0.2) is 43.8 Å². The van der Waals surface area contributed by atoms with E-state index in [9.17, 15) is 15.2 Å². The van der Waals surface area contributed by atoms with Gasteiger partial charge in [-0.25, -0.2) is 4.98 Å². The standard InChI is InChI=1S/C9H15N5O4/c1-2-3-18-5-12-4-11-6-7(12)13(16)9(10)14(17)8(6)15/h4,9,16-17H,2-3,5,10H2,1H3. The van der Waals surface area contributed by atoms with Gasteiger partial charge in [0.1, 0.15) is 6.73 Å². The minimum absolute atomic E-state index is 0.0817. The molecule has 9 nitrogen and oxygen atoms in total. The van der Waals surface area contributed by atoms with Crippen LogP contribution in [0.25, 0.3) is 0 Å². The summed E-state index contributed by atoms with van der Waals surface area (Å²) in [6, 6.07) is 0. The van der Waals surface area contributed by atoms with Gasteiger partial charge >= 0.3 is 5.91 Å². The molecule has 1 aromatic heterocycles. The Morgan fingerprint density at radius 1 is 1.50 bits per heavy atom. The Labute approximate surface area is 103 Å². The summed E-state index contributed by atoms with van der Waals surface area (Å²) in [6.07, 6.45) is 0.822. The Kier molecular flexibility index (Phi) is 3.48. The third-order valence-electron chi connectivity index (χ3n) is 2.52. The number of nitrogens with two attached hydrogens (primary N) is 1. The number of hydroxylamine groups is 3. The van der Waals surface area contributed by atoms with Crippen molar-refractivity contribution < 1.29 is 19.9 Å².